The normalized spacial score (nSPS) is 22.9. The maximum absolute atomic E-state index is 12.0. The summed E-state index contributed by atoms with van der Waals surface area (Å²) in [7, 11) is 0.646. The number of sulfone groups is 1. The van der Waals surface area contributed by atoms with Crippen LogP contribution in [0.15, 0.2) is 29.2 Å². The van der Waals surface area contributed by atoms with Gasteiger partial charge < -0.3 is 10.2 Å². The van der Waals surface area contributed by atoms with Crippen molar-refractivity contribution in [2.75, 3.05) is 31.3 Å². The van der Waals surface area contributed by atoms with Crippen molar-refractivity contribution in [3.05, 3.63) is 24.3 Å². The lowest BCUT2D eigenvalue weighted by Gasteiger charge is -2.35. The first-order chi connectivity index (χ1) is 7.56. The van der Waals surface area contributed by atoms with Crippen molar-refractivity contribution >= 4 is 15.5 Å². The average Bonchev–Trinajstić information content (AvgIpc) is 2.26. The molecule has 16 heavy (non-hydrogen) atoms. The molecule has 0 amide bonds. The smallest absolute Gasteiger partial charge is 0.182 e. The lowest BCUT2D eigenvalue weighted by atomic mass is 10.2. The standard InChI is InChI=1S/C11H16N2O2S/c1-12-7-9-8-16(14,15)11-6-4-3-5-10(11)13(9)2/h3-6,9,12H,7-8H2,1-2H3. The van der Waals surface area contributed by atoms with E-state index in [1.807, 2.05) is 31.1 Å². The fourth-order valence-corrected chi connectivity index (χ4v) is 3.94. The van der Waals surface area contributed by atoms with Gasteiger partial charge in [0, 0.05) is 13.6 Å². The summed E-state index contributed by atoms with van der Waals surface area (Å²) in [5.41, 5.74) is 0.800. The number of anilines is 1. The van der Waals surface area contributed by atoms with Crippen molar-refractivity contribution in [1.29, 1.82) is 0 Å². The molecule has 0 saturated carbocycles. The van der Waals surface area contributed by atoms with Crippen molar-refractivity contribution in [3.8, 4) is 0 Å². The highest BCUT2D eigenvalue weighted by molar-refractivity contribution is 7.91. The number of fused-ring (bicyclic) bond motifs is 1. The molecule has 0 radical (unpaired) electrons. The molecule has 4 nitrogen and oxygen atoms in total. The molecule has 0 bridgehead atoms. The quantitative estimate of drug-likeness (QED) is 0.818. The van der Waals surface area contributed by atoms with E-state index in [1.54, 1.807) is 12.1 Å². The summed E-state index contributed by atoms with van der Waals surface area (Å²) in [6.45, 7) is 0.671. The zero-order chi connectivity index (χ0) is 11.8. The van der Waals surface area contributed by atoms with E-state index in [-0.39, 0.29) is 11.8 Å². The number of nitrogens with one attached hydrogen (secondary N) is 1. The Morgan fingerprint density at radius 1 is 1.44 bits per heavy atom. The molecule has 1 atom stereocenters. The van der Waals surface area contributed by atoms with Crippen molar-refractivity contribution in [2.45, 2.75) is 10.9 Å². The van der Waals surface area contributed by atoms with Crippen LogP contribution < -0.4 is 10.2 Å². The van der Waals surface area contributed by atoms with E-state index in [9.17, 15) is 8.42 Å². The van der Waals surface area contributed by atoms with Gasteiger partial charge in [-0.2, -0.15) is 0 Å². The first-order valence-corrected chi connectivity index (χ1v) is 6.90. The second-order valence-corrected chi connectivity index (χ2v) is 6.07. The lowest BCUT2D eigenvalue weighted by Crippen LogP contribution is -2.47. The van der Waals surface area contributed by atoms with Gasteiger partial charge >= 0.3 is 0 Å². The number of para-hydroxylation sites is 1. The van der Waals surface area contributed by atoms with Gasteiger partial charge in [0.15, 0.2) is 9.84 Å². The van der Waals surface area contributed by atoms with E-state index in [2.05, 4.69) is 5.32 Å². The van der Waals surface area contributed by atoms with Crippen molar-refractivity contribution < 1.29 is 8.42 Å². The van der Waals surface area contributed by atoms with Gasteiger partial charge in [-0.05, 0) is 19.2 Å². The van der Waals surface area contributed by atoms with Gasteiger partial charge in [0.2, 0.25) is 0 Å². The Balaban J connectivity index is 2.49. The van der Waals surface area contributed by atoms with Crippen LogP contribution in [-0.4, -0.2) is 40.9 Å². The van der Waals surface area contributed by atoms with Crippen LogP contribution in [0.1, 0.15) is 0 Å². The van der Waals surface area contributed by atoms with Crippen LogP contribution in [0.2, 0.25) is 0 Å². The molecule has 1 aromatic carbocycles. The Hall–Kier alpha value is -1.07. The molecule has 1 aliphatic rings. The third-order valence-corrected chi connectivity index (χ3v) is 4.82. The van der Waals surface area contributed by atoms with E-state index in [1.165, 1.54) is 0 Å². The van der Waals surface area contributed by atoms with Crippen LogP contribution in [0.3, 0.4) is 0 Å². The van der Waals surface area contributed by atoms with Crippen molar-refractivity contribution in [3.63, 3.8) is 0 Å². The van der Waals surface area contributed by atoms with E-state index >= 15 is 0 Å². The van der Waals surface area contributed by atoms with Gasteiger partial charge in [-0.25, -0.2) is 8.42 Å². The topological polar surface area (TPSA) is 49.4 Å². The van der Waals surface area contributed by atoms with Crippen LogP contribution in [-0.2, 0) is 9.84 Å². The highest BCUT2D eigenvalue weighted by Gasteiger charge is 2.32. The predicted molar refractivity (Wildman–Crippen MR) is 64.6 cm³/mol. The Labute approximate surface area is 96.2 Å². The van der Waals surface area contributed by atoms with Crippen LogP contribution >= 0.6 is 0 Å². The molecule has 0 spiro atoms. The van der Waals surface area contributed by atoms with Crippen LogP contribution in [0.5, 0.6) is 0 Å². The van der Waals surface area contributed by atoms with E-state index in [0.29, 0.717) is 11.4 Å². The maximum Gasteiger partial charge on any atom is 0.182 e. The summed E-state index contributed by atoms with van der Waals surface area (Å²) in [6.07, 6.45) is 0. The Morgan fingerprint density at radius 2 is 2.12 bits per heavy atom. The number of hydrogen-bond donors (Lipinski definition) is 1. The average molecular weight is 240 g/mol. The highest BCUT2D eigenvalue weighted by Crippen LogP contribution is 2.31. The van der Waals surface area contributed by atoms with Gasteiger partial charge in [-0.15, -0.1) is 0 Å². The van der Waals surface area contributed by atoms with Gasteiger partial charge in [0.05, 0.1) is 22.4 Å². The molecular weight excluding hydrogens is 224 g/mol. The minimum absolute atomic E-state index is 0.00454. The number of benzene rings is 1. The molecule has 5 heteroatoms. The molecule has 1 heterocycles. The molecule has 0 aliphatic carbocycles. The fraction of sp³-hybridized carbons (Fsp3) is 0.455. The maximum atomic E-state index is 12.0. The molecule has 0 saturated heterocycles. The van der Waals surface area contributed by atoms with Gasteiger partial charge in [0.25, 0.3) is 0 Å². The second kappa shape index (κ2) is 4.07. The van der Waals surface area contributed by atoms with Gasteiger partial charge in [0.1, 0.15) is 0 Å². The molecule has 0 aromatic heterocycles. The molecular formula is C11H16N2O2S. The summed E-state index contributed by atoms with van der Waals surface area (Å²) in [5, 5.41) is 3.03. The minimum atomic E-state index is -3.13. The summed E-state index contributed by atoms with van der Waals surface area (Å²) in [5.74, 6) is 0.182. The summed E-state index contributed by atoms with van der Waals surface area (Å²) < 4.78 is 24.1. The number of nitrogens with zero attached hydrogens (tertiary/aromatic N) is 1. The monoisotopic (exact) mass is 240 g/mol. The van der Waals surface area contributed by atoms with Crippen LogP contribution in [0.25, 0.3) is 0 Å². The zero-order valence-electron chi connectivity index (χ0n) is 9.47. The first kappa shape index (κ1) is 11.4. The van der Waals surface area contributed by atoms with Crippen molar-refractivity contribution in [2.24, 2.45) is 0 Å². The third kappa shape index (κ3) is 1.81. The third-order valence-electron chi connectivity index (χ3n) is 2.98. The number of rotatable bonds is 2. The molecule has 1 unspecified atom stereocenters. The second-order valence-electron chi connectivity index (χ2n) is 4.07. The zero-order valence-corrected chi connectivity index (χ0v) is 10.3. The molecule has 1 aromatic rings. The van der Waals surface area contributed by atoms with E-state index in [4.69, 9.17) is 0 Å². The molecule has 1 aliphatic heterocycles. The predicted octanol–water partition coefficient (Wildman–Crippen LogP) is 0.498. The minimum Gasteiger partial charge on any atom is -0.368 e. The number of likely N-dealkylation sites (N-methyl/N-ethyl adjacent to an activating group) is 2. The van der Waals surface area contributed by atoms with Gasteiger partial charge in [-0.3, -0.25) is 0 Å². The Morgan fingerprint density at radius 3 is 2.81 bits per heavy atom. The SMILES string of the molecule is CNCC1CS(=O)(=O)c2ccccc2N1C. The first-order valence-electron chi connectivity index (χ1n) is 5.25. The highest BCUT2D eigenvalue weighted by atomic mass is 32.2. The summed E-state index contributed by atoms with van der Waals surface area (Å²) in [4.78, 5) is 2.48. The van der Waals surface area contributed by atoms with E-state index in [0.717, 1.165) is 5.69 Å². The molecule has 1 N–H and O–H groups in total. The summed E-state index contributed by atoms with van der Waals surface area (Å²) >= 11 is 0. The largest absolute Gasteiger partial charge is 0.368 e. The molecule has 88 valence electrons. The molecule has 2 rings (SSSR count). The van der Waals surface area contributed by atoms with Gasteiger partial charge in [-0.1, -0.05) is 12.1 Å². The summed E-state index contributed by atoms with van der Waals surface area (Å²) in [6, 6.07) is 7.17. The van der Waals surface area contributed by atoms with Crippen LogP contribution in [0, 0.1) is 0 Å². The van der Waals surface area contributed by atoms with Crippen LogP contribution in [0.4, 0.5) is 5.69 Å². The van der Waals surface area contributed by atoms with E-state index < -0.39 is 9.84 Å². The van der Waals surface area contributed by atoms with Crippen molar-refractivity contribution in [1.82, 2.24) is 5.32 Å². The molecule has 0 fully saturated rings. The Kier molecular flexibility index (Phi) is 2.90. The fourth-order valence-electron chi connectivity index (χ4n) is 2.09. The number of hydrogen-bond acceptors (Lipinski definition) is 4. The lowest BCUT2D eigenvalue weighted by molar-refractivity contribution is 0.561. The Bertz CT molecular complexity index is 485.